The Kier molecular flexibility index (Phi) is 9.67. The molecular formula is C33H35ClF3N5O4S. The minimum Gasteiger partial charge on any atom is -0.489 e. The maximum absolute atomic E-state index is 12.8. The predicted octanol–water partition coefficient (Wildman–Crippen LogP) is 7.40. The van der Waals surface area contributed by atoms with Crippen LogP contribution in [0.5, 0.6) is 11.5 Å². The second kappa shape index (κ2) is 13.7. The van der Waals surface area contributed by atoms with Gasteiger partial charge in [0.25, 0.3) is 0 Å². The molecule has 0 spiro atoms. The van der Waals surface area contributed by atoms with E-state index in [0.717, 1.165) is 28.4 Å². The van der Waals surface area contributed by atoms with E-state index in [9.17, 15) is 18.0 Å². The number of aromatic nitrogens is 4. The average molecular weight is 690 g/mol. The second-order valence-electron chi connectivity index (χ2n) is 11.8. The average Bonchev–Trinajstić information content (AvgIpc) is 3.79. The molecule has 0 bridgehead atoms. The molecule has 250 valence electrons. The van der Waals surface area contributed by atoms with Crippen LogP contribution in [0.3, 0.4) is 0 Å². The largest absolute Gasteiger partial charge is 0.489 e. The summed E-state index contributed by atoms with van der Waals surface area (Å²) in [6.07, 6.45) is 6.03. The third-order valence-corrected chi connectivity index (χ3v) is 10.0. The first-order valence-corrected chi connectivity index (χ1v) is 16.5. The maximum Gasteiger partial charge on any atom is 0.390 e. The van der Waals surface area contributed by atoms with Gasteiger partial charge in [-0.2, -0.15) is 18.3 Å². The molecule has 1 fully saturated rings. The van der Waals surface area contributed by atoms with Gasteiger partial charge in [0.1, 0.15) is 35.0 Å². The van der Waals surface area contributed by atoms with Crippen LogP contribution < -0.4 is 9.47 Å². The number of hydrogen-bond acceptors (Lipinski definition) is 8. The summed E-state index contributed by atoms with van der Waals surface area (Å²) in [6.45, 7) is 2.87. The molecule has 14 heteroatoms. The minimum absolute atomic E-state index is 0.00810. The molecule has 1 aliphatic heterocycles. The lowest BCUT2D eigenvalue weighted by Crippen LogP contribution is -2.39. The van der Waals surface area contributed by atoms with Crippen molar-refractivity contribution in [2.45, 2.75) is 56.9 Å². The van der Waals surface area contributed by atoms with Gasteiger partial charge in [-0.05, 0) is 37.5 Å². The van der Waals surface area contributed by atoms with Crippen molar-refractivity contribution in [1.82, 2.24) is 24.2 Å². The Labute approximate surface area is 279 Å². The van der Waals surface area contributed by atoms with E-state index in [0.29, 0.717) is 52.9 Å². The Bertz CT molecular complexity index is 1760. The van der Waals surface area contributed by atoms with Crippen molar-refractivity contribution >= 4 is 35.0 Å². The van der Waals surface area contributed by atoms with Crippen molar-refractivity contribution in [2.24, 2.45) is 7.05 Å². The topological polar surface area (TPSA) is 83.6 Å². The van der Waals surface area contributed by atoms with E-state index >= 15 is 0 Å². The molecule has 0 amide bonds. The summed E-state index contributed by atoms with van der Waals surface area (Å²) in [6, 6.07) is 7.22. The number of allylic oxidation sites excluding steroid dienone is 1. The van der Waals surface area contributed by atoms with Crippen LogP contribution in [0.25, 0.3) is 11.1 Å². The van der Waals surface area contributed by atoms with Crippen molar-refractivity contribution < 1.29 is 32.2 Å². The van der Waals surface area contributed by atoms with Crippen LogP contribution in [0, 0.1) is 0 Å². The van der Waals surface area contributed by atoms with Gasteiger partial charge >= 0.3 is 12.1 Å². The number of rotatable bonds is 10. The van der Waals surface area contributed by atoms with Gasteiger partial charge in [0.05, 0.1) is 36.1 Å². The molecule has 0 radical (unpaired) electrons. The summed E-state index contributed by atoms with van der Waals surface area (Å²) in [7, 11) is 3.22. The van der Waals surface area contributed by atoms with Gasteiger partial charge in [-0.3, -0.25) is 9.25 Å². The van der Waals surface area contributed by atoms with Crippen LogP contribution >= 0.6 is 22.9 Å². The molecule has 1 saturated heterocycles. The van der Waals surface area contributed by atoms with Gasteiger partial charge in [0.2, 0.25) is 0 Å². The Morgan fingerprint density at radius 1 is 1.21 bits per heavy atom. The molecule has 2 unspecified atom stereocenters. The van der Waals surface area contributed by atoms with E-state index in [1.807, 2.05) is 54.0 Å². The lowest BCUT2D eigenvalue weighted by molar-refractivity contribution is -0.138. The fourth-order valence-electron chi connectivity index (χ4n) is 5.95. The summed E-state index contributed by atoms with van der Waals surface area (Å²) in [5.74, 6) is 0.491. The molecule has 4 heterocycles. The van der Waals surface area contributed by atoms with Crippen molar-refractivity contribution in [3.63, 3.8) is 0 Å². The number of carbonyl (C=O) groups is 1. The third-order valence-electron chi connectivity index (χ3n) is 8.50. The molecule has 2 atom stereocenters. The van der Waals surface area contributed by atoms with Gasteiger partial charge in [0.15, 0.2) is 4.88 Å². The smallest absolute Gasteiger partial charge is 0.390 e. The second-order valence-corrected chi connectivity index (χ2v) is 13.2. The number of thiophene rings is 1. The number of fused-ring (bicyclic) bond motifs is 1. The fourth-order valence-corrected chi connectivity index (χ4v) is 7.27. The van der Waals surface area contributed by atoms with Crippen LogP contribution in [0.2, 0.25) is 5.02 Å². The standard InChI is InChI=1S/C33H35ClF3N5O4S/c1-20(24-5-4-6-27(30(24)34)46-23-9-12-41(13-10-23)14-11-33(35,36)37)45-28-16-29(47-31(28)32(43)44-3)42-19-38-25-15-21(7-8-26(25)42)22-17-39-40(2)18-22/h4-8,16-21,23H,9-15H2,1-3H3. The molecule has 0 saturated carbocycles. The molecule has 47 heavy (non-hydrogen) atoms. The van der Waals surface area contributed by atoms with E-state index in [2.05, 4.69) is 16.2 Å². The minimum atomic E-state index is -4.16. The summed E-state index contributed by atoms with van der Waals surface area (Å²) >= 11 is 8.06. The van der Waals surface area contributed by atoms with E-state index in [-0.39, 0.29) is 18.6 Å². The van der Waals surface area contributed by atoms with E-state index in [1.165, 1.54) is 18.4 Å². The number of methoxy groups -OCH3 is 1. The maximum atomic E-state index is 12.8. The Hall–Kier alpha value is -3.81. The lowest BCUT2D eigenvalue weighted by atomic mass is 9.91. The first-order valence-electron chi connectivity index (χ1n) is 15.4. The molecule has 9 nitrogen and oxygen atoms in total. The van der Waals surface area contributed by atoms with Crippen molar-refractivity contribution in [1.29, 1.82) is 0 Å². The van der Waals surface area contributed by atoms with E-state index < -0.39 is 24.7 Å². The SMILES string of the molecule is COC(=O)c1sc(-n2cnc3c2C=CC(c2cnn(C)c2)C3)cc1OC(C)c1cccc(OC2CCN(CCC(F)(F)F)CC2)c1Cl. The van der Waals surface area contributed by atoms with Gasteiger partial charge in [0, 0.05) is 56.8 Å². The number of alkyl halides is 3. The number of benzene rings is 1. The molecule has 2 aliphatic rings. The molecule has 4 aromatic rings. The molecule has 1 aromatic carbocycles. The van der Waals surface area contributed by atoms with Crippen molar-refractivity contribution in [2.75, 3.05) is 26.7 Å². The Morgan fingerprint density at radius 2 is 2.00 bits per heavy atom. The normalized spacial score (nSPS) is 17.8. The highest BCUT2D eigenvalue weighted by atomic mass is 35.5. The number of nitrogens with zero attached hydrogens (tertiary/aromatic N) is 5. The van der Waals surface area contributed by atoms with Crippen LogP contribution in [0.15, 0.2) is 49.1 Å². The summed E-state index contributed by atoms with van der Waals surface area (Å²) < 4.78 is 59.2. The Balaban J connectivity index is 1.16. The van der Waals surface area contributed by atoms with Crippen molar-refractivity contribution in [3.05, 3.63) is 81.5 Å². The van der Waals surface area contributed by atoms with Gasteiger partial charge < -0.3 is 19.1 Å². The fraction of sp³-hybridized carbons (Fsp3) is 0.424. The number of aryl methyl sites for hydroxylation is 1. The molecule has 6 rings (SSSR count). The first-order chi connectivity index (χ1) is 22.5. The number of hydrogen-bond donors (Lipinski definition) is 0. The molecule has 0 N–H and O–H groups in total. The third kappa shape index (κ3) is 7.52. The van der Waals surface area contributed by atoms with Crippen molar-refractivity contribution in [3.8, 4) is 16.5 Å². The molecule has 1 aliphatic carbocycles. The zero-order chi connectivity index (χ0) is 33.3. The van der Waals surface area contributed by atoms with Gasteiger partial charge in [-0.1, -0.05) is 29.8 Å². The number of piperidine rings is 1. The predicted molar refractivity (Wildman–Crippen MR) is 173 cm³/mol. The number of halogens is 4. The number of ether oxygens (including phenoxy) is 3. The number of carbonyl (C=O) groups excluding carboxylic acids is 1. The highest BCUT2D eigenvalue weighted by molar-refractivity contribution is 7.16. The van der Waals surface area contributed by atoms with E-state index in [4.69, 9.17) is 25.8 Å². The molecule has 3 aromatic heterocycles. The zero-order valence-electron chi connectivity index (χ0n) is 26.2. The highest BCUT2D eigenvalue weighted by Crippen LogP contribution is 2.40. The zero-order valence-corrected chi connectivity index (χ0v) is 27.7. The quantitative estimate of drug-likeness (QED) is 0.161. The number of esters is 1. The van der Waals surface area contributed by atoms with E-state index in [1.54, 1.807) is 23.1 Å². The lowest BCUT2D eigenvalue weighted by Gasteiger charge is -2.32. The van der Waals surface area contributed by atoms with Crippen LogP contribution in [0.1, 0.15) is 70.4 Å². The summed E-state index contributed by atoms with van der Waals surface area (Å²) in [5, 5.41) is 5.42. The number of likely N-dealkylation sites (tertiary alicyclic amines) is 1. The first kappa shape index (κ1) is 33.1. The van der Waals surface area contributed by atoms with Gasteiger partial charge in [-0.25, -0.2) is 9.78 Å². The van der Waals surface area contributed by atoms with Gasteiger partial charge in [-0.15, -0.1) is 11.3 Å². The number of imidazole rings is 1. The van der Waals surface area contributed by atoms with Crippen LogP contribution in [-0.4, -0.2) is 69.2 Å². The summed E-state index contributed by atoms with van der Waals surface area (Å²) in [4.78, 5) is 19.6. The molecular weight excluding hydrogens is 655 g/mol. The summed E-state index contributed by atoms with van der Waals surface area (Å²) in [5.41, 5.74) is 3.66. The van der Waals surface area contributed by atoms with Crippen LogP contribution in [-0.2, 0) is 18.2 Å². The monoisotopic (exact) mass is 689 g/mol. The van der Waals surface area contributed by atoms with Crippen LogP contribution in [0.4, 0.5) is 13.2 Å². The Morgan fingerprint density at radius 3 is 2.70 bits per heavy atom. The highest BCUT2D eigenvalue weighted by Gasteiger charge is 2.30.